The van der Waals surface area contributed by atoms with Gasteiger partial charge in [0.2, 0.25) is 5.91 Å². The van der Waals surface area contributed by atoms with Gasteiger partial charge in [0.25, 0.3) is 0 Å². The lowest BCUT2D eigenvalue weighted by Gasteiger charge is -2.08. The standard InChI is InChI=1S/C18H17NO5/c1-23-13-8-9-16(24-2)12(11-13)7-10-17(20)19-15-6-4-3-5-14(15)18(21)22/h3-11H,1-2H3,(H,19,20)(H,21,22)/b10-7+. The summed E-state index contributed by atoms with van der Waals surface area (Å²) in [5.41, 5.74) is 0.925. The number of carbonyl (C=O) groups excluding carboxylic acids is 1. The summed E-state index contributed by atoms with van der Waals surface area (Å²) in [5.74, 6) is -0.337. The molecule has 2 N–H and O–H groups in total. The first-order valence-electron chi connectivity index (χ1n) is 7.08. The van der Waals surface area contributed by atoms with Gasteiger partial charge in [-0.3, -0.25) is 4.79 Å². The number of carbonyl (C=O) groups is 2. The highest BCUT2D eigenvalue weighted by Gasteiger charge is 2.10. The van der Waals surface area contributed by atoms with Gasteiger partial charge in [-0.15, -0.1) is 0 Å². The zero-order chi connectivity index (χ0) is 17.5. The number of hydrogen-bond acceptors (Lipinski definition) is 4. The Morgan fingerprint density at radius 1 is 1.08 bits per heavy atom. The Labute approximate surface area is 139 Å². The maximum absolute atomic E-state index is 12.1. The average molecular weight is 327 g/mol. The fraction of sp³-hybridized carbons (Fsp3) is 0.111. The molecule has 0 unspecified atom stereocenters. The first-order valence-corrected chi connectivity index (χ1v) is 7.08. The summed E-state index contributed by atoms with van der Waals surface area (Å²) in [6, 6.07) is 11.4. The SMILES string of the molecule is COc1ccc(OC)c(/C=C/C(=O)Nc2ccccc2C(=O)O)c1. The number of nitrogens with one attached hydrogen (secondary N) is 1. The summed E-state index contributed by atoms with van der Waals surface area (Å²) in [7, 11) is 3.08. The third kappa shape index (κ3) is 4.13. The number of anilines is 1. The average Bonchev–Trinajstić information content (AvgIpc) is 2.59. The van der Waals surface area contributed by atoms with Gasteiger partial charge in [0.15, 0.2) is 0 Å². The van der Waals surface area contributed by atoms with Crippen LogP contribution in [0.15, 0.2) is 48.5 Å². The van der Waals surface area contributed by atoms with E-state index in [0.717, 1.165) is 0 Å². The Morgan fingerprint density at radius 3 is 2.50 bits per heavy atom. The zero-order valence-electron chi connectivity index (χ0n) is 13.3. The van der Waals surface area contributed by atoms with E-state index in [4.69, 9.17) is 14.6 Å². The number of amides is 1. The molecule has 0 aliphatic carbocycles. The van der Waals surface area contributed by atoms with Crippen molar-refractivity contribution in [2.75, 3.05) is 19.5 Å². The Balaban J connectivity index is 2.18. The largest absolute Gasteiger partial charge is 0.497 e. The second kappa shape index (κ2) is 7.82. The van der Waals surface area contributed by atoms with E-state index in [-0.39, 0.29) is 11.3 Å². The molecule has 6 heteroatoms. The molecule has 2 aromatic rings. The highest BCUT2D eigenvalue weighted by Crippen LogP contribution is 2.25. The zero-order valence-corrected chi connectivity index (χ0v) is 13.3. The molecular weight excluding hydrogens is 310 g/mol. The van der Waals surface area contributed by atoms with Gasteiger partial charge in [0, 0.05) is 11.6 Å². The second-order valence-corrected chi connectivity index (χ2v) is 4.78. The molecule has 2 rings (SSSR count). The minimum absolute atomic E-state index is 0.0261. The lowest BCUT2D eigenvalue weighted by Crippen LogP contribution is -2.11. The number of ether oxygens (including phenoxy) is 2. The third-order valence-electron chi connectivity index (χ3n) is 3.27. The van der Waals surface area contributed by atoms with Crippen molar-refractivity contribution in [2.24, 2.45) is 0 Å². The summed E-state index contributed by atoms with van der Waals surface area (Å²) < 4.78 is 10.4. The van der Waals surface area contributed by atoms with Crippen molar-refractivity contribution in [1.82, 2.24) is 0 Å². The summed E-state index contributed by atoms with van der Waals surface area (Å²) in [6.45, 7) is 0. The van der Waals surface area contributed by atoms with E-state index in [1.165, 1.54) is 25.3 Å². The summed E-state index contributed by atoms with van der Waals surface area (Å²) >= 11 is 0. The molecule has 0 bridgehead atoms. The van der Waals surface area contributed by atoms with Gasteiger partial charge in [-0.25, -0.2) is 4.79 Å². The number of carboxylic acid groups (broad SMARTS) is 1. The van der Waals surface area contributed by atoms with Gasteiger partial charge in [-0.1, -0.05) is 12.1 Å². The van der Waals surface area contributed by atoms with Crippen LogP contribution in [0.25, 0.3) is 6.08 Å². The Hall–Kier alpha value is -3.28. The summed E-state index contributed by atoms with van der Waals surface area (Å²) in [5, 5.41) is 11.7. The molecule has 0 spiro atoms. The lowest BCUT2D eigenvalue weighted by molar-refractivity contribution is -0.111. The third-order valence-corrected chi connectivity index (χ3v) is 3.27. The second-order valence-electron chi connectivity index (χ2n) is 4.78. The molecule has 1 amide bonds. The van der Waals surface area contributed by atoms with Crippen LogP contribution in [0.2, 0.25) is 0 Å². The van der Waals surface area contributed by atoms with Crippen molar-refractivity contribution >= 4 is 23.6 Å². The fourth-order valence-corrected chi connectivity index (χ4v) is 2.09. The van der Waals surface area contributed by atoms with Crippen LogP contribution in [0.1, 0.15) is 15.9 Å². The van der Waals surface area contributed by atoms with Crippen molar-refractivity contribution in [1.29, 1.82) is 0 Å². The number of aromatic carboxylic acids is 1. The first-order chi connectivity index (χ1) is 11.5. The van der Waals surface area contributed by atoms with E-state index in [0.29, 0.717) is 17.1 Å². The van der Waals surface area contributed by atoms with Crippen LogP contribution in [0.3, 0.4) is 0 Å². The topological polar surface area (TPSA) is 84.9 Å². The van der Waals surface area contributed by atoms with Gasteiger partial charge in [-0.2, -0.15) is 0 Å². The van der Waals surface area contributed by atoms with Crippen molar-refractivity contribution in [3.05, 3.63) is 59.7 Å². The van der Waals surface area contributed by atoms with Crippen molar-refractivity contribution < 1.29 is 24.2 Å². The molecule has 0 fully saturated rings. The van der Waals surface area contributed by atoms with Crippen LogP contribution >= 0.6 is 0 Å². The van der Waals surface area contributed by atoms with Crippen LogP contribution in [0.4, 0.5) is 5.69 Å². The van der Waals surface area contributed by atoms with E-state index in [9.17, 15) is 9.59 Å². The fourth-order valence-electron chi connectivity index (χ4n) is 2.09. The minimum atomic E-state index is -1.11. The lowest BCUT2D eigenvalue weighted by atomic mass is 10.1. The molecule has 0 aliphatic heterocycles. The van der Waals surface area contributed by atoms with Crippen molar-refractivity contribution in [2.45, 2.75) is 0 Å². The molecule has 0 radical (unpaired) electrons. The highest BCUT2D eigenvalue weighted by atomic mass is 16.5. The predicted molar refractivity (Wildman–Crippen MR) is 90.6 cm³/mol. The number of benzene rings is 2. The first kappa shape index (κ1) is 17.1. The van der Waals surface area contributed by atoms with E-state index < -0.39 is 11.9 Å². The number of hydrogen-bond donors (Lipinski definition) is 2. The van der Waals surface area contributed by atoms with Crippen LogP contribution in [0.5, 0.6) is 11.5 Å². The van der Waals surface area contributed by atoms with Crippen molar-refractivity contribution in [3.63, 3.8) is 0 Å². The molecule has 124 valence electrons. The van der Waals surface area contributed by atoms with Gasteiger partial charge < -0.3 is 19.9 Å². The molecule has 0 aliphatic rings. The number of methoxy groups -OCH3 is 2. The molecule has 0 saturated heterocycles. The molecule has 6 nitrogen and oxygen atoms in total. The van der Waals surface area contributed by atoms with E-state index in [1.54, 1.807) is 43.5 Å². The van der Waals surface area contributed by atoms with E-state index in [2.05, 4.69) is 5.32 Å². The smallest absolute Gasteiger partial charge is 0.337 e. The predicted octanol–water partition coefficient (Wildman–Crippen LogP) is 3.05. The molecule has 24 heavy (non-hydrogen) atoms. The monoisotopic (exact) mass is 327 g/mol. The van der Waals surface area contributed by atoms with Crippen molar-refractivity contribution in [3.8, 4) is 11.5 Å². The van der Waals surface area contributed by atoms with E-state index >= 15 is 0 Å². The van der Waals surface area contributed by atoms with Gasteiger partial charge >= 0.3 is 5.97 Å². The Morgan fingerprint density at radius 2 is 1.83 bits per heavy atom. The van der Waals surface area contributed by atoms with Crippen LogP contribution in [0, 0.1) is 0 Å². The van der Waals surface area contributed by atoms with Crippen LogP contribution in [-0.4, -0.2) is 31.2 Å². The number of carboxylic acids is 1. The molecule has 0 aromatic heterocycles. The Bertz CT molecular complexity index is 783. The maximum Gasteiger partial charge on any atom is 0.337 e. The number of para-hydroxylation sites is 1. The number of rotatable bonds is 6. The highest BCUT2D eigenvalue weighted by molar-refractivity contribution is 6.06. The maximum atomic E-state index is 12.1. The Kier molecular flexibility index (Phi) is 5.57. The molecule has 0 atom stereocenters. The molecular formula is C18H17NO5. The summed E-state index contributed by atoms with van der Waals surface area (Å²) in [4.78, 5) is 23.2. The van der Waals surface area contributed by atoms with Gasteiger partial charge in [0.1, 0.15) is 11.5 Å². The van der Waals surface area contributed by atoms with Gasteiger partial charge in [0.05, 0.1) is 25.5 Å². The normalized spacial score (nSPS) is 10.4. The molecule has 2 aromatic carbocycles. The van der Waals surface area contributed by atoms with Gasteiger partial charge in [-0.05, 0) is 36.4 Å². The molecule has 0 heterocycles. The van der Waals surface area contributed by atoms with Crippen LogP contribution < -0.4 is 14.8 Å². The molecule has 0 saturated carbocycles. The van der Waals surface area contributed by atoms with E-state index in [1.807, 2.05) is 0 Å². The van der Waals surface area contributed by atoms with Crippen LogP contribution in [-0.2, 0) is 4.79 Å². The minimum Gasteiger partial charge on any atom is -0.497 e. The quantitative estimate of drug-likeness (QED) is 0.797. The summed E-state index contributed by atoms with van der Waals surface area (Å²) in [6.07, 6.45) is 2.87.